The van der Waals surface area contributed by atoms with Crippen molar-refractivity contribution in [2.75, 3.05) is 20.2 Å². The summed E-state index contributed by atoms with van der Waals surface area (Å²) in [6, 6.07) is 3.80. The molecule has 0 bridgehead atoms. The third-order valence-corrected chi connectivity index (χ3v) is 3.43. The molecule has 0 amide bonds. The van der Waals surface area contributed by atoms with Gasteiger partial charge in [0.1, 0.15) is 12.2 Å². The minimum Gasteiger partial charge on any atom is -0.481 e. The van der Waals surface area contributed by atoms with Crippen molar-refractivity contribution in [2.45, 2.75) is 33.4 Å². The van der Waals surface area contributed by atoms with E-state index < -0.39 is 0 Å². The minimum atomic E-state index is 0. The van der Waals surface area contributed by atoms with Crippen LogP contribution in [0.25, 0.3) is 0 Å². The average Bonchev–Trinajstić information content (AvgIpc) is 3.07. The fourth-order valence-corrected chi connectivity index (χ4v) is 2.17. The first-order valence-corrected chi connectivity index (χ1v) is 8.14. The molecule has 2 N–H and O–H groups in total. The van der Waals surface area contributed by atoms with Gasteiger partial charge in [-0.05, 0) is 12.5 Å². The number of aliphatic imine (C=N–C) groups is 1. The summed E-state index contributed by atoms with van der Waals surface area (Å²) in [5.74, 6) is 2.37. The zero-order chi connectivity index (χ0) is 17.2. The highest BCUT2D eigenvalue weighted by Crippen LogP contribution is 2.07. The lowest BCUT2D eigenvalue weighted by Crippen LogP contribution is -2.38. The first-order chi connectivity index (χ1) is 11.8. The molecular weight excluding hydrogens is 433 g/mol. The molecule has 2 aromatic heterocycles. The van der Waals surface area contributed by atoms with E-state index in [1.165, 1.54) is 0 Å². The van der Waals surface area contributed by atoms with E-state index in [-0.39, 0.29) is 24.0 Å². The van der Waals surface area contributed by atoms with Crippen molar-refractivity contribution in [1.29, 1.82) is 0 Å². The summed E-state index contributed by atoms with van der Waals surface area (Å²) >= 11 is 0. The smallest absolute Gasteiger partial charge is 0.212 e. The van der Waals surface area contributed by atoms with Gasteiger partial charge in [-0.15, -0.1) is 34.2 Å². The van der Waals surface area contributed by atoms with Crippen molar-refractivity contribution in [3.05, 3.63) is 36.0 Å². The Morgan fingerprint density at radius 3 is 2.76 bits per heavy atom. The first-order valence-electron chi connectivity index (χ1n) is 8.14. The normalized spacial score (nSPS) is 10.9. The maximum atomic E-state index is 5.06. The Morgan fingerprint density at radius 1 is 1.28 bits per heavy atom. The average molecular weight is 459 g/mol. The number of ether oxygens (including phenoxy) is 1. The van der Waals surface area contributed by atoms with Crippen molar-refractivity contribution < 1.29 is 4.74 Å². The van der Waals surface area contributed by atoms with Crippen molar-refractivity contribution in [3.8, 4) is 5.88 Å². The number of guanidine groups is 1. The molecule has 0 fully saturated rings. The molecule has 2 heterocycles. The number of rotatable bonds is 8. The molecule has 2 rings (SSSR count). The summed E-state index contributed by atoms with van der Waals surface area (Å²) in [5, 5.41) is 14.6. The van der Waals surface area contributed by atoms with Crippen molar-refractivity contribution in [1.82, 2.24) is 30.4 Å². The number of halogens is 1. The van der Waals surface area contributed by atoms with Crippen LogP contribution in [0.1, 0.15) is 25.2 Å². The second kappa shape index (κ2) is 11.6. The standard InChI is InChI=1S/C16H25N7O.HI/c1-4-14-22-21-12-23(14)9-8-18-16(17-5-2)20-11-13-6-7-15(24-3)19-10-13;/h6-7,10,12H,4-5,8-9,11H2,1-3H3,(H2,17,18,20);1H. The van der Waals surface area contributed by atoms with Gasteiger partial charge in [-0.3, -0.25) is 0 Å². The van der Waals surface area contributed by atoms with Gasteiger partial charge in [-0.1, -0.05) is 13.0 Å². The van der Waals surface area contributed by atoms with Crippen LogP contribution in [-0.2, 0) is 19.5 Å². The van der Waals surface area contributed by atoms with Gasteiger partial charge < -0.3 is 19.9 Å². The Hall–Kier alpha value is -1.91. The van der Waals surface area contributed by atoms with Gasteiger partial charge >= 0.3 is 0 Å². The van der Waals surface area contributed by atoms with Crippen LogP contribution in [0.5, 0.6) is 5.88 Å². The van der Waals surface area contributed by atoms with Gasteiger partial charge in [0.2, 0.25) is 5.88 Å². The molecule has 0 aliphatic rings. The molecule has 2 aromatic rings. The van der Waals surface area contributed by atoms with E-state index in [9.17, 15) is 0 Å². The van der Waals surface area contributed by atoms with E-state index in [1.807, 2.05) is 23.6 Å². The van der Waals surface area contributed by atoms with E-state index in [0.29, 0.717) is 12.4 Å². The molecule has 0 unspecified atom stereocenters. The number of aromatic nitrogens is 4. The molecule has 0 aliphatic carbocycles. The molecule has 8 nitrogen and oxygen atoms in total. The molecule has 0 aliphatic heterocycles. The fourth-order valence-electron chi connectivity index (χ4n) is 2.17. The summed E-state index contributed by atoms with van der Waals surface area (Å²) in [7, 11) is 1.60. The van der Waals surface area contributed by atoms with E-state index in [4.69, 9.17) is 4.74 Å². The Morgan fingerprint density at radius 2 is 2.12 bits per heavy atom. The van der Waals surface area contributed by atoms with Crippen molar-refractivity contribution in [3.63, 3.8) is 0 Å². The monoisotopic (exact) mass is 459 g/mol. The molecule has 0 aromatic carbocycles. The SMILES string of the molecule is CCNC(=NCc1ccc(OC)nc1)NCCn1cnnc1CC.I. The summed E-state index contributed by atoms with van der Waals surface area (Å²) in [4.78, 5) is 8.76. The van der Waals surface area contributed by atoms with Crippen LogP contribution in [0.2, 0.25) is 0 Å². The number of aryl methyl sites for hydroxylation is 1. The van der Waals surface area contributed by atoms with Crippen molar-refractivity contribution in [2.24, 2.45) is 4.99 Å². The Labute approximate surface area is 165 Å². The van der Waals surface area contributed by atoms with Gasteiger partial charge in [0, 0.05) is 38.3 Å². The summed E-state index contributed by atoms with van der Waals surface area (Å²) in [6.07, 6.45) is 4.41. The van der Waals surface area contributed by atoms with Gasteiger partial charge in [0.15, 0.2) is 5.96 Å². The fraction of sp³-hybridized carbons (Fsp3) is 0.500. The topological polar surface area (TPSA) is 89.3 Å². The van der Waals surface area contributed by atoms with Crippen LogP contribution in [0.3, 0.4) is 0 Å². The van der Waals surface area contributed by atoms with Crippen LogP contribution < -0.4 is 15.4 Å². The van der Waals surface area contributed by atoms with Gasteiger partial charge in [-0.2, -0.15) is 0 Å². The first kappa shape index (κ1) is 21.1. The maximum Gasteiger partial charge on any atom is 0.212 e. The Bertz CT molecular complexity index is 642. The van der Waals surface area contributed by atoms with E-state index >= 15 is 0 Å². The summed E-state index contributed by atoms with van der Waals surface area (Å²) < 4.78 is 7.10. The molecule has 0 saturated carbocycles. The largest absolute Gasteiger partial charge is 0.481 e. The highest BCUT2D eigenvalue weighted by atomic mass is 127. The lowest BCUT2D eigenvalue weighted by molar-refractivity contribution is 0.397. The third-order valence-electron chi connectivity index (χ3n) is 3.43. The number of methoxy groups -OCH3 is 1. The van der Waals surface area contributed by atoms with Crippen LogP contribution >= 0.6 is 24.0 Å². The quantitative estimate of drug-likeness (QED) is 0.355. The molecule has 9 heteroatoms. The van der Waals surface area contributed by atoms with Crippen LogP contribution in [0.15, 0.2) is 29.6 Å². The Balaban J connectivity index is 0.00000312. The summed E-state index contributed by atoms with van der Waals surface area (Å²) in [5.41, 5.74) is 1.03. The van der Waals surface area contributed by atoms with E-state index in [2.05, 4.69) is 37.7 Å². The lowest BCUT2D eigenvalue weighted by atomic mass is 10.3. The van der Waals surface area contributed by atoms with E-state index in [1.54, 1.807) is 19.6 Å². The predicted octanol–water partition coefficient (Wildman–Crippen LogP) is 1.62. The van der Waals surface area contributed by atoms with Gasteiger partial charge in [0.25, 0.3) is 0 Å². The highest BCUT2D eigenvalue weighted by Gasteiger charge is 2.02. The van der Waals surface area contributed by atoms with Crippen LogP contribution in [-0.4, -0.2) is 45.9 Å². The van der Waals surface area contributed by atoms with Crippen molar-refractivity contribution >= 4 is 29.9 Å². The molecular formula is C16H26IN7O. The van der Waals surface area contributed by atoms with Gasteiger partial charge in [0.05, 0.1) is 13.7 Å². The predicted molar refractivity (Wildman–Crippen MR) is 108 cm³/mol. The molecule has 0 atom stereocenters. The molecule has 0 spiro atoms. The molecule has 25 heavy (non-hydrogen) atoms. The van der Waals surface area contributed by atoms with Crippen LogP contribution in [0.4, 0.5) is 0 Å². The zero-order valence-electron chi connectivity index (χ0n) is 14.9. The van der Waals surface area contributed by atoms with E-state index in [0.717, 1.165) is 43.4 Å². The lowest BCUT2D eigenvalue weighted by Gasteiger charge is -2.12. The Kier molecular flexibility index (Phi) is 9.81. The summed E-state index contributed by atoms with van der Waals surface area (Å²) in [6.45, 7) is 7.02. The molecule has 0 radical (unpaired) electrons. The number of nitrogens with one attached hydrogen (secondary N) is 2. The molecule has 138 valence electrons. The van der Waals surface area contributed by atoms with Crippen LogP contribution in [0, 0.1) is 0 Å². The number of nitrogens with zero attached hydrogens (tertiary/aromatic N) is 5. The molecule has 0 saturated heterocycles. The minimum absolute atomic E-state index is 0. The maximum absolute atomic E-state index is 5.06. The number of hydrogen-bond acceptors (Lipinski definition) is 5. The second-order valence-corrected chi connectivity index (χ2v) is 5.12. The second-order valence-electron chi connectivity index (χ2n) is 5.12. The highest BCUT2D eigenvalue weighted by molar-refractivity contribution is 14.0. The zero-order valence-corrected chi connectivity index (χ0v) is 17.2. The third kappa shape index (κ3) is 6.85. The van der Waals surface area contributed by atoms with Gasteiger partial charge in [-0.25, -0.2) is 9.98 Å². The number of hydrogen-bond donors (Lipinski definition) is 2. The number of pyridine rings is 1.